The van der Waals surface area contributed by atoms with Crippen molar-refractivity contribution < 1.29 is 4.79 Å². The first-order valence-electron chi connectivity index (χ1n) is 6.50. The van der Waals surface area contributed by atoms with Gasteiger partial charge in [-0.3, -0.25) is 9.78 Å². The summed E-state index contributed by atoms with van der Waals surface area (Å²) in [5.74, 6) is 0.238. The lowest BCUT2D eigenvalue weighted by Gasteiger charge is -2.05. The molecular weight excluding hydrogens is 250 g/mol. The highest BCUT2D eigenvalue weighted by molar-refractivity contribution is 5.94. The number of hydrazone groups is 1. The van der Waals surface area contributed by atoms with Crippen molar-refractivity contribution in [3.8, 4) is 0 Å². The molecule has 2 aromatic rings. The molecule has 1 heterocycles. The number of carbonyl (C=O) groups excluding carboxylic acids is 1. The lowest BCUT2D eigenvalue weighted by atomic mass is 10.0. The quantitative estimate of drug-likeness (QED) is 0.684. The molecule has 4 nitrogen and oxygen atoms in total. The highest BCUT2D eigenvalue weighted by atomic mass is 16.2. The molecule has 1 aromatic heterocycles. The second kappa shape index (κ2) is 6.61. The van der Waals surface area contributed by atoms with Gasteiger partial charge in [-0.25, -0.2) is 5.43 Å². The number of rotatable bonds is 4. The van der Waals surface area contributed by atoms with Crippen LogP contribution in [0.4, 0.5) is 0 Å². The Balaban J connectivity index is 1.96. The first-order valence-corrected chi connectivity index (χ1v) is 6.50. The van der Waals surface area contributed by atoms with Crippen molar-refractivity contribution in [1.29, 1.82) is 0 Å². The summed E-state index contributed by atoms with van der Waals surface area (Å²) >= 11 is 0. The molecule has 1 N–H and O–H groups in total. The van der Waals surface area contributed by atoms with Crippen molar-refractivity contribution in [2.24, 2.45) is 5.10 Å². The molecule has 0 spiro atoms. The molecular formula is C16H17N3O. The Hall–Kier alpha value is -2.49. The Kier molecular flexibility index (Phi) is 4.60. The zero-order chi connectivity index (χ0) is 14.4. The zero-order valence-corrected chi connectivity index (χ0v) is 11.6. The number of hydrogen-bond donors (Lipinski definition) is 1. The van der Waals surface area contributed by atoms with Gasteiger partial charge in [0.05, 0.1) is 6.21 Å². The summed E-state index contributed by atoms with van der Waals surface area (Å²) in [6.45, 7) is 4.24. The van der Waals surface area contributed by atoms with Crippen molar-refractivity contribution in [2.45, 2.75) is 19.8 Å². The first kappa shape index (κ1) is 13.9. The van der Waals surface area contributed by atoms with Crippen LogP contribution < -0.4 is 5.43 Å². The van der Waals surface area contributed by atoms with Gasteiger partial charge in [0.25, 0.3) is 5.91 Å². The van der Waals surface area contributed by atoms with Crippen molar-refractivity contribution >= 4 is 12.1 Å². The Morgan fingerprint density at radius 2 is 1.80 bits per heavy atom. The fourth-order valence-corrected chi connectivity index (χ4v) is 1.70. The fraction of sp³-hybridized carbons (Fsp3) is 0.188. The van der Waals surface area contributed by atoms with Crippen molar-refractivity contribution in [2.75, 3.05) is 0 Å². The van der Waals surface area contributed by atoms with Gasteiger partial charge in [-0.1, -0.05) is 26.0 Å². The summed E-state index contributed by atoms with van der Waals surface area (Å²) in [4.78, 5) is 15.8. The highest BCUT2D eigenvalue weighted by Gasteiger charge is 2.05. The van der Waals surface area contributed by atoms with E-state index in [0.29, 0.717) is 11.5 Å². The predicted molar refractivity (Wildman–Crippen MR) is 79.8 cm³/mol. The topological polar surface area (TPSA) is 54.4 Å². The van der Waals surface area contributed by atoms with Gasteiger partial charge in [0.1, 0.15) is 0 Å². The van der Waals surface area contributed by atoms with E-state index in [0.717, 1.165) is 5.56 Å². The zero-order valence-electron chi connectivity index (χ0n) is 11.6. The third kappa shape index (κ3) is 3.75. The molecule has 0 bridgehead atoms. The molecule has 2 rings (SSSR count). The third-order valence-corrected chi connectivity index (χ3v) is 2.93. The van der Waals surface area contributed by atoms with E-state index in [9.17, 15) is 4.79 Å². The molecule has 0 radical (unpaired) electrons. The van der Waals surface area contributed by atoms with Crippen molar-refractivity contribution in [3.05, 3.63) is 65.5 Å². The van der Waals surface area contributed by atoms with Crippen molar-refractivity contribution in [1.82, 2.24) is 10.4 Å². The minimum absolute atomic E-state index is 0.217. The van der Waals surface area contributed by atoms with Gasteiger partial charge in [-0.05, 0) is 41.3 Å². The van der Waals surface area contributed by atoms with Gasteiger partial charge in [0, 0.05) is 18.0 Å². The summed E-state index contributed by atoms with van der Waals surface area (Å²) in [5, 5.41) is 3.92. The van der Waals surface area contributed by atoms with Crippen LogP contribution in [0.15, 0.2) is 53.9 Å². The maximum absolute atomic E-state index is 11.9. The average molecular weight is 267 g/mol. The van der Waals surface area contributed by atoms with E-state index in [-0.39, 0.29) is 5.91 Å². The molecule has 0 aliphatic heterocycles. The third-order valence-electron chi connectivity index (χ3n) is 2.93. The summed E-state index contributed by atoms with van der Waals surface area (Å²) in [5.41, 5.74) is 5.20. The van der Waals surface area contributed by atoms with E-state index in [1.54, 1.807) is 18.6 Å². The number of amides is 1. The second-order valence-corrected chi connectivity index (χ2v) is 4.76. The lowest BCUT2D eigenvalue weighted by molar-refractivity contribution is 0.0955. The second-order valence-electron chi connectivity index (χ2n) is 4.76. The molecule has 0 atom stereocenters. The van der Waals surface area contributed by atoms with E-state index in [1.807, 2.05) is 36.4 Å². The van der Waals surface area contributed by atoms with Gasteiger partial charge in [-0.15, -0.1) is 0 Å². The van der Waals surface area contributed by atoms with Crippen molar-refractivity contribution in [3.63, 3.8) is 0 Å². The van der Waals surface area contributed by atoms with Crippen LogP contribution in [0.1, 0.15) is 41.3 Å². The number of carbonyl (C=O) groups is 1. The van der Waals surface area contributed by atoms with E-state index < -0.39 is 0 Å². The standard InChI is InChI=1S/C16H17N3O/c1-12(2)14-3-5-15(6-4-14)16(20)19-18-11-13-7-9-17-10-8-13/h3-12H,1-2H3,(H,19,20)/b18-11+. The van der Waals surface area contributed by atoms with E-state index in [4.69, 9.17) is 0 Å². The van der Waals surface area contributed by atoms with Gasteiger partial charge in [0.2, 0.25) is 0 Å². The predicted octanol–water partition coefficient (Wildman–Crippen LogP) is 2.97. The van der Waals surface area contributed by atoms with Gasteiger partial charge >= 0.3 is 0 Å². The summed E-state index contributed by atoms with van der Waals surface area (Å²) in [6, 6.07) is 11.2. The smallest absolute Gasteiger partial charge is 0.267 e. The van der Waals surface area contributed by atoms with Crippen LogP contribution in [-0.2, 0) is 0 Å². The minimum Gasteiger partial charge on any atom is -0.267 e. The van der Waals surface area contributed by atoms with Crippen LogP contribution in [0.2, 0.25) is 0 Å². The Morgan fingerprint density at radius 1 is 1.15 bits per heavy atom. The maximum Gasteiger partial charge on any atom is 0.271 e. The Labute approximate surface area is 118 Å². The number of nitrogens with zero attached hydrogens (tertiary/aromatic N) is 2. The molecule has 1 aromatic carbocycles. The van der Waals surface area contributed by atoms with Gasteiger partial charge < -0.3 is 0 Å². The fourth-order valence-electron chi connectivity index (χ4n) is 1.70. The van der Waals surface area contributed by atoms with Gasteiger partial charge in [-0.2, -0.15) is 5.10 Å². The van der Waals surface area contributed by atoms with Crippen LogP contribution in [0, 0.1) is 0 Å². The molecule has 4 heteroatoms. The number of benzene rings is 1. The SMILES string of the molecule is CC(C)c1ccc(C(=O)N/N=C/c2ccncc2)cc1. The lowest BCUT2D eigenvalue weighted by Crippen LogP contribution is -2.17. The summed E-state index contributed by atoms with van der Waals surface area (Å²) < 4.78 is 0. The molecule has 0 saturated carbocycles. The monoisotopic (exact) mass is 267 g/mol. The van der Waals surface area contributed by atoms with Crippen LogP contribution in [0.25, 0.3) is 0 Å². The van der Waals surface area contributed by atoms with Gasteiger partial charge in [0.15, 0.2) is 0 Å². The largest absolute Gasteiger partial charge is 0.271 e. The molecule has 20 heavy (non-hydrogen) atoms. The summed E-state index contributed by atoms with van der Waals surface area (Å²) in [6.07, 6.45) is 4.93. The van der Waals surface area contributed by atoms with E-state index in [1.165, 1.54) is 5.56 Å². The Bertz CT molecular complexity index is 589. The maximum atomic E-state index is 11.9. The van der Waals surface area contributed by atoms with E-state index >= 15 is 0 Å². The van der Waals surface area contributed by atoms with Crippen LogP contribution in [-0.4, -0.2) is 17.1 Å². The first-order chi connectivity index (χ1) is 9.66. The van der Waals surface area contributed by atoms with Crippen LogP contribution >= 0.6 is 0 Å². The number of pyridine rings is 1. The molecule has 0 aliphatic carbocycles. The molecule has 0 fully saturated rings. The number of aromatic nitrogens is 1. The minimum atomic E-state index is -0.217. The molecule has 0 unspecified atom stereocenters. The molecule has 0 saturated heterocycles. The van der Waals surface area contributed by atoms with Crippen LogP contribution in [0.3, 0.4) is 0 Å². The summed E-state index contributed by atoms with van der Waals surface area (Å²) in [7, 11) is 0. The Morgan fingerprint density at radius 3 is 2.40 bits per heavy atom. The molecule has 0 aliphatic rings. The average Bonchev–Trinajstić information content (AvgIpc) is 2.48. The normalized spacial score (nSPS) is 10.9. The molecule has 1 amide bonds. The van der Waals surface area contributed by atoms with E-state index in [2.05, 4.69) is 29.4 Å². The van der Waals surface area contributed by atoms with Crippen LogP contribution in [0.5, 0.6) is 0 Å². The highest BCUT2D eigenvalue weighted by Crippen LogP contribution is 2.14. The molecule has 102 valence electrons. The number of hydrogen-bond acceptors (Lipinski definition) is 3. The number of nitrogens with one attached hydrogen (secondary N) is 1.